The Bertz CT molecular complexity index is 455. The largest absolute Gasteiger partial charge is 0.469 e. The predicted octanol–water partition coefficient (Wildman–Crippen LogP) is 3.48. The first-order valence-electron chi connectivity index (χ1n) is 6.94. The molecule has 20 heavy (non-hydrogen) atoms. The van der Waals surface area contributed by atoms with Crippen molar-refractivity contribution in [2.45, 2.75) is 51.4 Å². The van der Waals surface area contributed by atoms with Crippen LogP contribution in [0.1, 0.15) is 51.4 Å². The van der Waals surface area contributed by atoms with Crippen molar-refractivity contribution in [3.05, 3.63) is 12.7 Å². The molecule has 0 bridgehead atoms. The lowest BCUT2D eigenvalue weighted by atomic mass is 10.1. The highest BCUT2D eigenvalue weighted by atomic mass is 16.5. The maximum atomic E-state index is 10.9. The molecule has 2 nitrogen and oxygen atoms in total. The van der Waals surface area contributed by atoms with Crippen LogP contribution in [0.4, 0.5) is 0 Å². The van der Waals surface area contributed by atoms with Crippen LogP contribution in [0.15, 0.2) is 12.7 Å². The zero-order chi connectivity index (χ0) is 14.9. The molecule has 0 aromatic carbocycles. The number of carbonyl (C=O) groups excluding carboxylic acids is 1. The van der Waals surface area contributed by atoms with Gasteiger partial charge >= 0.3 is 5.97 Å². The standard InChI is InChI=1S/C18H22O2/c1-3-4-5-6-7-8-9-10-11-12-13-14-15-16-17-18(19)20-2/h3H,1,4,11-17H2,2H3. The molecule has 0 aromatic heterocycles. The van der Waals surface area contributed by atoms with Crippen LogP contribution in [0.3, 0.4) is 0 Å². The first-order chi connectivity index (χ1) is 9.81. The summed E-state index contributed by atoms with van der Waals surface area (Å²) in [6, 6.07) is 0. The van der Waals surface area contributed by atoms with Gasteiger partial charge in [0.2, 0.25) is 0 Å². The molecule has 0 fully saturated rings. The normalized spacial score (nSPS) is 8.05. The van der Waals surface area contributed by atoms with Crippen LogP contribution >= 0.6 is 0 Å². The molecule has 0 unspecified atom stereocenters. The summed E-state index contributed by atoms with van der Waals surface area (Å²) in [5.74, 6) is 16.6. The quantitative estimate of drug-likeness (QED) is 0.292. The summed E-state index contributed by atoms with van der Waals surface area (Å²) in [5.41, 5.74) is 0. The fourth-order valence-electron chi connectivity index (χ4n) is 1.45. The lowest BCUT2D eigenvalue weighted by Gasteiger charge is -1.99. The van der Waals surface area contributed by atoms with E-state index in [9.17, 15) is 4.79 Å². The molecular formula is C18H22O2. The van der Waals surface area contributed by atoms with Gasteiger partial charge in [-0.1, -0.05) is 37.2 Å². The third-order valence-electron chi connectivity index (χ3n) is 2.52. The highest BCUT2D eigenvalue weighted by Crippen LogP contribution is 2.07. The smallest absolute Gasteiger partial charge is 0.305 e. The van der Waals surface area contributed by atoms with Crippen molar-refractivity contribution in [2.75, 3.05) is 7.11 Å². The van der Waals surface area contributed by atoms with Crippen molar-refractivity contribution < 1.29 is 9.53 Å². The predicted molar refractivity (Wildman–Crippen MR) is 82.5 cm³/mol. The van der Waals surface area contributed by atoms with Crippen LogP contribution in [-0.2, 0) is 9.53 Å². The van der Waals surface area contributed by atoms with Gasteiger partial charge in [-0.25, -0.2) is 0 Å². The lowest BCUT2D eigenvalue weighted by molar-refractivity contribution is -0.140. The second kappa shape index (κ2) is 14.9. The second-order valence-electron chi connectivity index (χ2n) is 4.19. The van der Waals surface area contributed by atoms with Gasteiger partial charge in [0.05, 0.1) is 7.11 Å². The number of unbranched alkanes of at least 4 members (excludes halogenated alkanes) is 5. The molecule has 0 aliphatic carbocycles. The van der Waals surface area contributed by atoms with Crippen molar-refractivity contribution >= 4 is 5.97 Å². The van der Waals surface area contributed by atoms with Crippen molar-refractivity contribution in [2.24, 2.45) is 0 Å². The maximum absolute atomic E-state index is 10.9. The first kappa shape index (κ1) is 17.9. The number of ether oxygens (including phenoxy) is 1. The molecule has 0 aromatic rings. The number of esters is 1. The minimum atomic E-state index is -0.120. The van der Waals surface area contributed by atoms with E-state index in [1.807, 2.05) is 0 Å². The zero-order valence-electron chi connectivity index (χ0n) is 12.3. The molecule has 2 heteroatoms. The number of rotatable bonds is 8. The molecule has 0 saturated carbocycles. The molecule has 0 N–H and O–H groups in total. The Morgan fingerprint density at radius 3 is 2.35 bits per heavy atom. The Morgan fingerprint density at radius 1 is 1.00 bits per heavy atom. The maximum Gasteiger partial charge on any atom is 0.305 e. The van der Waals surface area contributed by atoms with E-state index in [-0.39, 0.29) is 5.97 Å². The minimum Gasteiger partial charge on any atom is -0.469 e. The van der Waals surface area contributed by atoms with Crippen molar-refractivity contribution in [1.82, 2.24) is 0 Å². The summed E-state index contributed by atoms with van der Waals surface area (Å²) < 4.78 is 4.58. The van der Waals surface area contributed by atoms with E-state index in [4.69, 9.17) is 0 Å². The highest BCUT2D eigenvalue weighted by Gasteiger charge is 1.98. The molecule has 0 radical (unpaired) electrons. The summed E-state index contributed by atoms with van der Waals surface area (Å²) in [6.45, 7) is 3.57. The van der Waals surface area contributed by atoms with Crippen LogP contribution < -0.4 is 0 Å². The summed E-state index contributed by atoms with van der Waals surface area (Å²) in [5, 5.41) is 0. The zero-order valence-corrected chi connectivity index (χ0v) is 12.3. The third kappa shape index (κ3) is 14.0. The van der Waals surface area contributed by atoms with Gasteiger partial charge < -0.3 is 4.74 Å². The van der Waals surface area contributed by atoms with Gasteiger partial charge in [-0.05, 0) is 36.5 Å². The summed E-state index contributed by atoms with van der Waals surface area (Å²) in [7, 11) is 1.43. The van der Waals surface area contributed by atoms with Crippen LogP contribution in [0, 0.1) is 35.5 Å². The average molecular weight is 270 g/mol. The number of carbonyl (C=O) groups is 1. The first-order valence-corrected chi connectivity index (χ1v) is 6.94. The van der Waals surface area contributed by atoms with Gasteiger partial charge in [-0.2, -0.15) is 0 Å². The van der Waals surface area contributed by atoms with Crippen LogP contribution in [-0.4, -0.2) is 13.1 Å². The fourth-order valence-corrected chi connectivity index (χ4v) is 1.45. The molecule has 0 saturated heterocycles. The van der Waals surface area contributed by atoms with Crippen molar-refractivity contribution in [3.8, 4) is 35.5 Å². The monoisotopic (exact) mass is 270 g/mol. The number of methoxy groups -OCH3 is 1. The fraction of sp³-hybridized carbons (Fsp3) is 0.500. The molecule has 0 aliphatic heterocycles. The van der Waals surface area contributed by atoms with E-state index >= 15 is 0 Å². The molecule has 0 heterocycles. The summed E-state index contributed by atoms with van der Waals surface area (Å²) >= 11 is 0. The Hall–Kier alpha value is -2.11. The van der Waals surface area contributed by atoms with Crippen molar-refractivity contribution in [3.63, 3.8) is 0 Å². The highest BCUT2D eigenvalue weighted by molar-refractivity contribution is 5.68. The Kier molecular flexibility index (Phi) is 13.4. The van der Waals surface area contributed by atoms with E-state index in [1.165, 1.54) is 7.11 Å². The van der Waals surface area contributed by atoms with E-state index in [2.05, 4.69) is 46.8 Å². The van der Waals surface area contributed by atoms with Gasteiger partial charge in [-0.15, -0.1) is 6.58 Å². The summed E-state index contributed by atoms with van der Waals surface area (Å²) in [4.78, 5) is 10.9. The van der Waals surface area contributed by atoms with E-state index in [0.717, 1.165) is 38.5 Å². The SMILES string of the molecule is C=CCC#CC#CC#CCCCCCCCC(=O)OC. The van der Waals surface area contributed by atoms with E-state index in [1.54, 1.807) is 6.08 Å². The molecule has 0 amide bonds. The molecule has 0 aliphatic rings. The van der Waals surface area contributed by atoms with E-state index < -0.39 is 0 Å². The Morgan fingerprint density at radius 2 is 1.65 bits per heavy atom. The van der Waals surface area contributed by atoms with Crippen molar-refractivity contribution in [1.29, 1.82) is 0 Å². The molecule has 106 valence electrons. The van der Waals surface area contributed by atoms with Gasteiger partial charge in [0, 0.05) is 19.3 Å². The average Bonchev–Trinajstić information content (AvgIpc) is 2.47. The van der Waals surface area contributed by atoms with Gasteiger partial charge in [0.15, 0.2) is 0 Å². The number of hydrogen-bond acceptors (Lipinski definition) is 2. The number of allylic oxidation sites excluding steroid dienone is 1. The molecular weight excluding hydrogens is 248 g/mol. The van der Waals surface area contributed by atoms with Crippen LogP contribution in [0.5, 0.6) is 0 Å². The topological polar surface area (TPSA) is 26.3 Å². The van der Waals surface area contributed by atoms with Crippen LogP contribution in [0.25, 0.3) is 0 Å². The third-order valence-corrected chi connectivity index (χ3v) is 2.52. The summed E-state index contributed by atoms with van der Waals surface area (Å²) in [6.07, 6.45) is 9.14. The molecule has 0 atom stereocenters. The van der Waals surface area contributed by atoms with E-state index in [0.29, 0.717) is 12.8 Å². The van der Waals surface area contributed by atoms with Gasteiger partial charge in [-0.3, -0.25) is 4.79 Å². The Labute approximate surface area is 123 Å². The molecule has 0 rings (SSSR count). The van der Waals surface area contributed by atoms with Gasteiger partial charge in [0.1, 0.15) is 0 Å². The second-order valence-corrected chi connectivity index (χ2v) is 4.19. The minimum absolute atomic E-state index is 0.120. The Balaban J connectivity index is 3.43. The lowest BCUT2D eigenvalue weighted by Crippen LogP contribution is -1.99. The van der Waals surface area contributed by atoms with Gasteiger partial charge in [0.25, 0.3) is 0 Å². The molecule has 0 spiro atoms. The van der Waals surface area contributed by atoms with Crippen LogP contribution in [0.2, 0.25) is 0 Å². The number of hydrogen-bond donors (Lipinski definition) is 0.